The normalized spacial score (nSPS) is 14.2. The Hall–Kier alpha value is -2.50. The molecule has 0 atom stereocenters. The summed E-state index contributed by atoms with van der Waals surface area (Å²) in [6, 6.07) is 6.81. The highest BCUT2D eigenvalue weighted by molar-refractivity contribution is 6.21. The summed E-state index contributed by atoms with van der Waals surface area (Å²) in [5.41, 5.74) is 0.898. The van der Waals surface area contributed by atoms with Crippen LogP contribution in [0.1, 0.15) is 26.5 Å². The van der Waals surface area contributed by atoms with Crippen LogP contribution in [0.2, 0.25) is 0 Å². The van der Waals surface area contributed by atoms with E-state index in [4.69, 9.17) is 0 Å². The highest BCUT2D eigenvalue weighted by Crippen LogP contribution is 2.23. The molecule has 1 aromatic heterocycles. The molecule has 0 saturated carbocycles. The van der Waals surface area contributed by atoms with Gasteiger partial charge in [0.15, 0.2) is 0 Å². The Morgan fingerprint density at radius 2 is 1.72 bits per heavy atom. The van der Waals surface area contributed by atoms with Crippen LogP contribution < -0.4 is 0 Å². The molecule has 6 nitrogen and oxygen atoms in total. The van der Waals surface area contributed by atoms with E-state index in [2.05, 4.69) is 10.1 Å². The summed E-state index contributed by atoms with van der Waals surface area (Å²) >= 11 is 0. The largest absolute Gasteiger partial charge is 0.269 e. The van der Waals surface area contributed by atoms with Crippen molar-refractivity contribution in [3.8, 4) is 0 Å². The molecule has 1 aromatic carbocycles. The molecule has 0 aliphatic carbocycles. The fraction of sp³-hybridized carbons (Fsp3) is 0.167. The van der Waals surface area contributed by atoms with Crippen molar-refractivity contribution in [3.05, 3.63) is 47.5 Å². The number of carbonyl (C=O) groups excluding carboxylic acids is 2. The van der Waals surface area contributed by atoms with Gasteiger partial charge in [-0.15, -0.1) is 0 Å². The number of nitrogens with zero attached hydrogens (tertiary/aromatic N) is 4. The second-order valence-electron chi connectivity index (χ2n) is 4.04. The average Bonchev–Trinajstić information content (AvgIpc) is 2.89. The first-order valence-electron chi connectivity index (χ1n) is 5.46. The minimum Gasteiger partial charge on any atom is -0.269 e. The van der Waals surface area contributed by atoms with Crippen LogP contribution in [0.25, 0.3) is 0 Å². The highest BCUT2D eigenvalue weighted by Gasteiger charge is 2.35. The summed E-state index contributed by atoms with van der Waals surface area (Å²) in [5, 5.41) is 3.91. The van der Waals surface area contributed by atoms with Gasteiger partial charge in [0.1, 0.15) is 12.2 Å². The summed E-state index contributed by atoms with van der Waals surface area (Å²) in [6.07, 6.45) is 1.40. The van der Waals surface area contributed by atoms with E-state index in [-0.39, 0.29) is 18.4 Å². The smallest absolute Gasteiger partial charge is 0.261 e. The van der Waals surface area contributed by atoms with Gasteiger partial charge in [-0.25, -0.2) is 4.98 Å². The van der Waals surface area contributed by atoms with E-state index in [1.807, 2.05) is 0 Å². The number of hydrogen-bond donors (Lipinski definition) is 0. The molecule has 0 bridgehead atoms. The molecule has 0 N–H and O–H groups in total. The second-order valence-corrected chi connectivity index (χ2v) is 4.04. The highest BCUT2D eigenvalue weighted by atomic mass is 16.2. The molecule has 0 spiro atoms. The van der Waals surface area contributed by atoms with Crippen LogP contribution in [0.3, 0.4) is 0 Å². The predicted molar refractivity (Wildman–Crippen MR) is 61.6 cm³/mol. The van der Waals surface area contributed by atoms with Crippen LogP contribution >= 0.6 is 0 Å². The Balaban J connectivity index is 1.95. The first kappa shape index (κ1) is 10.6. The van der Waals surface area contributed by atoms with Crippen LogP contribution in [-0.4, -0.2) is 31.5 Å². The number of hydrogen-bond acceptors (Lipinski definition) is 4. The molecule has 0 radical (unpaired) electrons. The summed E-state index contributed by atoms with van der Waals surface area (Å²) in [5.74, 6) is 0.0155. The Labute approximate surface area is 103 Å². The standard InChI is InChI=1S/C12H10N4O2/c1-15-10(13-7-14-15)6-16-11(17)8-4-2-3-5-9(8)12(16)18/h2-5,7H,6H2,1H3. The molecule has 2 aromatic rings. The lowest BCUT2D eigenvalue weighted by molar-refractivity contribution is 0.0637. The Bertz CT molecular complexity index is 612. The van der Waals surface area contributed by atoms with E-state index in [9.17, 15) is 9.59 Å². The van der Waals surface area contributed by atoms with Gasteiger partial charge in [0.25, 0.3) is 11.8 Å². The molecule has 2 amide bonds. The topological polar surface area (TPSA) is 68.1 Å². The van der Waals surface area contributed by atoms with E-state index >= 15 is 0 Å². The average molecular weight is 242 g/mol. The lowest BCUT2D eigenvalue weighted by Gasteiger charge is -2.12. The third kappa shape index (κ3) is 1.42. The third-order valence-electron chi connectivity index (χ3n) is 2.98. The van der Waals surface area contributed by atoms with Crippen molar-refractivity contribution in [2.24, 2.45) is 7.05 Å². The molecule has 0 fully saturated rings. The van der Waals surface area contributed by atoms with Gasteiger partial charge in [0, 0.05) is 7.05 Å². The lowest BCUT2D eigenvalue weighted by Crippen LogP contribution is -2.30. The number of aryl methyl sites for hydroxylation is 1. The molecular formula is C12H10N4O2. The number of amides is 2. The minimum absolute atomic E-state index is 0.142. The maximum atomic E-state index is 12.1. The van der Waals surface area contributed by atoms with Crippen molar-refractivity contribution < 1.29 is 9.59 Å². The molecule has 3 rings (SSSR count). The SMILES string of the molecule is Cn1ncnc1CN1C(=O)c2ccccc2C1=O. The summed E-state index contributed by atoms with van der Waals surface area (Å²) in [7, 11) is 1.72. The van der Waals surface area contributed by atoms with Crippen molar-refractivity contribution in [2.45, 2.75) is 6.54 Å². The van der Waals surface area contributed by atoms with Gasteiger partial charge in [0.05, 0.1) is 17.7 Å². The number of carbonyl (C=O) groups is 2. The Morgan fingerprint density at radius 3 is 2.22 bits per heavy atom. The summed E-state index contributed by atoms with van der Waals surface area (Å²) in [6.45, 7) is 0.142. The van der Waals surface area contributed by atoms with E-state index in [0.717, 1.165) is 0 Å². The van der Waals surface area contributed by atoms with Crippen molar-refractivity contribution in [1.29, 1.82) is 0 Å². The van der Waals surface area contributed by atoms with E-state index in [1.54, 1.807) is 36.0 Å². The van der Waals surface area contributed by atoms with Crippen LogP contribution in [0, 0.1) is 0 Å². The van der Waals surface area contributed by atoms with Crippen LogP contribution in [0.15, 0.2) is 30.6 Å². The number of rotatable bonds is 2. The van der Waals surface area contributed by atoms with E-state index in [1.165, 1.54) is 11.2 Å². The van der Waals surface area contributed by atoms with Crippen molar-refractivity contribution in [3.63, 3.8) is 0 Å². The molecule has 0 saturated heterocycles. The van der Waals surface area contributed by atoms with Crippen LogP contribution in [-0.2, 0) is 13.6 Å². The molecular weight excluding hydrogens is 232 g/mol. The van der Waals surface area contributed by atoms with Crippen molar-refractivity contribution >= 4 is 11.8 Å². The molecule has 6 heteroatoms. The Kier molecular flexibility index (Phi) is 2.22. The van der Waals surface area contributed by atoms with Gasteiger partial charge in [0.2, 0.25) is 0 Å². The monoisotopic (exact) mass is 242 g/mol. The van der Waals surface area contributed by atoms with Crippen molar-refractivity contribution in [1.82, 2.24) is 19.7 Å². The number of imide groups is 1. The van der Waals surface area contributed by atoms with Gasteiger partial charge in [-0.05, 0) is 12.1 Å². The number of aromatic nitrogens is 3. The number of benzene rings is 1. The molecule has 90 valence electrons. The molecule has 1 aliphatic heterocycles. The fourth-order valence-corrected chi connectivity index (χ4v) is 1.99. The van der Waals surface area contributed by atoms with Gasteiger partial charge in [-0.2, -0.15) is 5.10 Å². The van der Waals surface area contributed by atoms with Gasteiger partial charge in [-0.1, -0.05) is 12.1 Å². The molecule has 0 unspecified atom stereocenters. The molecule has 18 heavy (non-hydrogen) atoms. The quantitative estimate of drug-likeness (QED) is 0.724. The zero-order chi connectivity index (χ0) is 12.7. The lowest BCUT2D eigenvalue weighted by atomic mass is 10.1. The fourth-order valence-electron chi connectivity index (χ4n) is 1.99. The Morgan fingerprint density at radius 1 is 1.11 bits per heavy atom. The third-order valence-corrected chi connectivity index (χ3v) is 2.98. The van der Waals surface area contributed by atoms with Crippen LogP contribution in [0.5, 0.6) is 0 Å². The first-order valence-corrected chi connectivity index (χ1v) is 5.46. The van der Waals surface area contributed by atoms with Crippen molar-refractivity contribution in [2.75, 3.05) is 0 Å². The first-order chi connectivity index (χ1) is 8.68. The molecule has 1 aliphatic rings. The molecule has 2 heterocycles. The van der Waals surface area contributed by atoms with E-state index < -0.39 is 0 Å². The number of fused-ring (bicyclic) bond motifs is 1. The zero-order valence-electron chi connectivity index (χ0n) is 9.70. The van der Waals surface area contributed by atoms with Crippen LogP contribution in [0.4, 0.5) is 0 Å². The maximum absolute atomic E-state index is 12.1. The van der Waals surface area contributed by atoms with Gasteiger partial charge >= 0.3 is 0 Å². The maximum Gasteiger partial charge on any atom is 0.261 e. The van der Waals surface area contributed by atoms with E-state index in [0.29, 0.717) is 17.0 Å². The predicted octanol–water partition coefficient (Wildman–Crippen LogP) is 0.611. The second kappa shape index (κ2) is 3.76. The van der Waals surface area contributed by atoms with Gasteiger partial charge < -0.3 is 0 Å². The summed E-state index contributed by atoms with van der Waals surface area (Å²) in [4.78, 5) is 29.4. The van der Waals surface area contributed by atoms with Gasteiger partial charge in [-0.3, -0.25) is 19.2 Å². The zero-order valence-corrected chi connectivity index (χ0v) is 9.70. The minimum atomic E-state index is -0.279. The summed E-state index contributed by atoms with van der Waals surface area (Å²) < 4.78 is 1.55.